The van der Waals surface area contributed by atoms with E-state index in [1.54, 1.807) is 31.2 Å². The number of anilines is 1. The van der Waals surface area contributed by atoms with Crippen molar-refractivity contribution in [3.63, 3.8) is 0 Å². The lowest BCUT2D eigenvalue weighted by Crippen LogP contribution is -2.33. The highest BCUT2D eigenvalue weighted by atomic mass is 32.2. The molecule has 0 saturated heterocycles. The van der Waals surface area contributed by atoms with Crippen molar-refractivity contribution in [2.45, 2.75) is 23.1 Å². The summed E-state index contributed by atoms with van der Waals surface area (Å²) >= 11 is 0. The molecular weight excluding hydrogens is 406 g/mol. The fourth-order valence-electron chi connectivity index (χ4n) is 2.97. The van der Waals surface area contributed by atoms with Gasteiger partial charge in [0.1, 0.15) is 0 Å². The van der Waals surface area contributed by atoms with E-state index in [0.29, 0.717) is 12.1 Å². The Bertz CT molecular complexity index is 1140. The van der Waals surface area contributed by atoms with E-state index in [9.17, 15) is 16.8 Å². The summed E-state index contributed by atoms with van der Waals surface area (Å²) in [6, 6.07) is 24.0. The summed E-state index contributed by atoms with van der Waals surface area (Å²) < 4.78 is 52.1. The predicted molar refractivity (Wildman–Crippen MR) is 115 cm³/mol. The number of hydrogen-bond acceptors (Lipinski definition) is 4. The lowest BCUT2D eigenvalue weighted by Gasteiger charge is -2.24. The van der Waals surface area contributed by atoms with E-state index in [0.717, 1.165) is 5.56 Å². The van der Waals surface area contributed by atoms with Crippen molar-refractivity contribution in [3.05, 3.63) is 90.5 Å². The molecule has 0 saturated carbocycles. The molecule has 29 heavy (non-hydrogen) atoms. The molecule has 0 aliphatic heterocycles. The normalized spacial score (nSPS) is 11.9. The van der Waals surface area contributed by atoms with Crippen LogP contribution in [0.15, 0.2) is 94.7 Å². The van der Waals surface area contributed by atoms with Gasteiger partial charge in [0.2, 0.25) is 0 Å². The molecule has 0 radical (unpaired) electrons. The molecule has 0 N–H and O–H groups in total. The number of rotatable bonds is 8. The summed E-state index contributed by atoms with van der Waals surface area (Å²) in [6.45, 7) is 1.83. The van der Waals surface area contributed by atoms with Gasteiger partial charge in [0.15, 0.2) is 9.84 Å². The Balaban J connectivity index is 1.95. The van der Waals surface area contributed by atoms with Gasteiger partial charge in [0.25, 0.3) is 10.0 Å². The van der Waals surface area contributed by atoms with Crippen LogP contribution >= 0.6 is 0 Å². The molecule has 0 aliphatic carbocycles. The molecule has 0 bridgehead atoms. The van der Waals surface area contributed by atoms with Gasteiger partial charge < -0.3 is 0 Å². The van der Waals surface area contributed by atoms with E-state index in [4.69, 9.17) is 0 Å². The minimum atomic E-state index is -3.85. The molecule has 0 fully saturated rings. The molecule has 152 valence electrons. The monoisotopic (exact) mass is 429 g/mol. The Morgan fingerprint density at radius 3 is 1.76 bits per heavy atom. The van der Waals surface area contributed by atoms with Gasteiger partial charge in [-0.05, 0) is 48.4 Å². The highest BCUT2D eigenvalue weighted by Gasteiger charge is 2.25. The summed E-state index contributed by atoms with van der Waals surface area (Å²) in [5, 5.41) is 0. The zero-order chi connectivity index (χ0) is 20.9. The molecule has 0 aromatic heterocycles. The summed E-state index contributed by atoms with van der Waals surface area (Å²) in [5.41, 5.74) is 1.60. The van der Waals surface area contributed by atoms with Crippen molar-refractivity contribution in [2.75, 3.05) is 16.6 Å². The molecule has 0 atom stereocenters. The van der Waals surface area contributed by atoms with Crippen molar-refractivity contribution in [1.29, 1.82) is 0 Å². The van der Waals surface area contributed by atoms with Gasteiger partial charge in [-0.3, -0.25) is 4.31 Å². The van der Waals surface area contributed by atoms with E-state index in [1.165, 1.54) is 28.6 Å². The molecule has 5 nitrogen and oxygen atoms in total. The molecule has 3 aromatic carbocycles. The zero-order valence-electron chi connectivity index (χ0n) is 16.1. The van der Waals surface area contributed by atoms with Crippen LogP contribution in [0.4, 0.5) is 5.69 Å². The Kier molecular flexibility index (Phi) is 6.39. The Morgan fingerprint density at radius 1 is 0.690 bits per heavy atom. The maximum Gasteiger partial charge on any atom is 0.264 e. The summed E-state index contributed by atoms with van der Waals surface area (Å²) in [7, 11) is -7.24. The molecule has 7 heteroatoms. The van der Waals surface area contributed by atoms with Crippen molar-refractivity contribution in [3.8, 4) is 0 Å². The quantitative estimate of drug-likeness (QED) is 0.544. The minimum Gasteiger partial charge on any atom is -0.266 e. The molecular formula is C22H23NO4S2. The van der Waals surface area contributed by atoms with Crippen LogP contribution in [0.25, 0.3) is 0 Å². The Morgan fingerprint density at radius 2 is 1.21 bits per heavy atom. The molecule has 0 heterocycles. The first-order valence-electron chi connectivity index (χ1n) is 9.29. The van der Waals surface area contributed by atoms with E-state index in [1.807, 2.05) is 36.4 Å². The van der Waals surface area contributed by atoms with Crippen LogP contribution in [0.1, 0.15) is 12.5 Å². The maximum absolute atomic E-state index is 13.4. The topological polar surface area (TPSA) is 71.5 Å². The SMILES string of the molecule is CCS(=O)(=O)c1ccc(S(=O)(=O)N(CCc2ccccc2)c2ccccc2)cc1. The average molecular weight is 430 g/mol. The number of nitrogens with zero attached hydrogens (tertiary/aromatic N) is 1. The smallest absolute Gasteiger partial charge is 0.264 e. The summed E-state index contributed by atoms with van der Waals surface area (Å²) in [6.07, 6.45) is 0.553. The first-order valence-corrected chi connectivity index (χ1v) is 12.4. The molecule has 0 unspecified atom stereocenters. The van der Waals surface area contributed by atoms with Gasteiger partial charge in [-0.15, -0.1) is 0 Å². The largest absolute Gasteiger partial charge is 0.266 e. The molecule has 0 spiro atoms. The minimum absolute atomic E-state index is 0.0354. The first-order chi connectivity index (χ1) is 13.8. The fraction of sp³-hybridized carbons (Fsp3) is 0.182. The second-order valence-electron chi connectivity index (χ2n) is 6.52. The fourth-order valence-corrected chi connectivity index (χ4v) is 5.32. The van der Waals surface area contributed by atoms with Crippen LogP contribution in [0.5, 0.6) is 0 Å². The third-order valence-electron chi connectivity index (χ3n) is 4.64. The highest BCUT2D eigenvalue weighted by molar-refractivity contribution is 7.93. The van der Waals surface area contributed by atoms with E-state index in [-0.39, 0.29) is 22.1 Å². The van der Waals surface area contributed by atoms with Crippen LogP contribution in [0, 0.1) is 0 Å². The molecule has 3 rings (SSSR count). The van der Waals surface area contributed by atoms with Gasteiger partial charge in [-0.2, -0.15) is 0 Å². The third kappa shape index (κ3) is 4.86. The molecule has 0 amide bonds. The van der Waals surface area contributed by atoms with Crippen LogP contribution in [0.3, 0.4) is 0 Å². The Hall–Kier alpha value is -2.64. The van der Waals surface area contributed by atoms with Crippen molar-refractivity contribution in [1.82, 2.24) is 0 Å². The van der Waals surface area contributed by atoms with E-state index >= 15 is 0 Å². The van der Waals surface area contributed by atoms with Gasteiger partial charge in [-0.1, -0.05) is 55.5 Å². The molecule has 0 aliphatic rings. The third-order valence-corrected chi connectivity index (χ3v) is 8.23. The number of benzene rings is 3. The standard InChI is InChI=1S/C22H23NO4S2/c1-2-28(24,25)21-13-15-22(16-14-21)29(26,27)23(20-11-7-4-8-12-20)18-17-19-9-5-3-6-10-19/h3-16H,2,17-18H2,1H3. The lowest BCUT2D eigenvalue weighted by molar-refractivity contribution is 0.589. The summed E-state index contributed by atoms with van der Waals surface area (Å²) in [4.78, 5) is 0.180. The van der Waals surface area contributed by atoms with E-state index in [2.05, 4.69) is 0 Å². The van der Waals surface area contributed by atoms with Crippen molar-refractivity contribution < 1.29 is 16.8 Å². The second kappa shape index (κ2) is 8.80. The van der Waals surface area contributed by atoms with Gasteiger partial charge >= 0.3 is 0 Å². The highest BCUT2D eigenvalue weighted by Crippen LogP contribution is 2.25. The predicted octanol–water partition coefficient (Wildman–Crippen LogP) is 3.92. The second-order valence-corrected chi connectivity index (χ2v) is 10.7. The number of sulfonamides is 1. The van der Waals surface area contributed by atoms with Gasteiger partial charge in [0.05, 0.1) is 21.2 Å². The van der Waals surface area contributed by atoms with Crippen LogP contribution in [0.2, 0.25) is 0 Å². The van der Waals surface area contributed by atoms with Crippen molar-refractivity contribution in [2.24, 2.45) is 0 Å². The maximum atomic E-state index is 13.4. The number of hydrogen-bond donors (Lipinski definition) is 0. The van der Waals surface area contributed by atoms with Crippen LogP contribution in [-0.4, -0.2) is 29.1 Å². The van der Waals surface area contributed by atoms with E-state index < -0.39 is 19.9 Å². The molecule has 3 aromatic rings. The number of para-hydroxylation sites is 1. The van der Waals surface area contributed by atoms with Crippen molar-refractivity contribution >= 4 is 25.5 Å². The van der Waals surface area contributed by atoms with Crippen LogP contribution in [-0.2, 0) is 26.3 Å². The summed E-state index contributed by atoms with van der Waals surface area (Å²) in [5.74, 6) is -0.0354. The zero-order valence-corrected chi connectivity index (χ0v) is 17.7. The average Bonchev–Trinajstić information content (AvgIpc) is 2.75. The first kappa shape index (κ1) is 21.1. The van der Waals surface area contributed by atoms with Gasteiger partial charge in [0, 0.05) is 6.54 Å². The van der Waals surface area contributed by atoms with Crippen LogP contribution < -0.4 is 4.31 Å². The Labute approximate surface area is 172 Å². The number of sulfone groups is 1. The lowest BCUT2D eigenvalue weighted by atomic mass is 10.1. The van der Waals surface area contributed by atoms with Gasteiger partial charge in [-0.25, -0.2) is 16.8 Å².